The second-order valence-electron chi connectivity index (χ2n) is 2.16. The molecule has 1 aromatic rings. The summed E-state index contributed by atoms with van der Waals surface area (Å²) < 4.78 is 0.574. The molecule has 0 saturated heterocycles. The van der Waals surface area contributed by atoms with Crippen molar-refractivity contribution < 1.29 is 9.52 Å². The quantitative estimate of drug-likeness (QED) is 0.343. The van der Waals surface area contributed by atoms with Crippen LogP contribution in [0.15, 0.2) is 24.5 Å². The molecule has 0 aliphatic carbocycles. The largest absolute Gasteiger partial charge is 0.619 e. The van der Waals surface area contributed by atoms with Crippen molar-refractivity contribution in [1.29, 1.82) is 0 Å². The Balaban J connectivity index is 2.81. The van der Waals surface area contributed by atoms with Crippen LogP contribution in [0.3, 0.4) is 0 Å². The third-order valence-corrected chi connectivity index (χ3v) is 1.28. The van der Waals surface area contributed by atoms with Crippen LogP contribution in [0.5, 0.6) is 0 Å². The highest BCUT2D eigenvalue weighted by molar-refractivity contribution is 5.93. The molecule has 0 aromatic carbocycles. The summed E-state index contributed by atoms with van der Waals surface area (Å²) in [6.45, 7) is 0. The number of nitrogens with one attached hydrogen (secondary N) is 2. The average Bonchev–Trinajstić information content (AvgIpc) is 2.05. The SMILES string of the molecule is CNNC(=O)c1ccc[n+]([O-])c1. The molecule has 12 heavy (non-hydrogen) atoms. The molecule has 0 fully saturated rings. The maximum atomic E-state index is 11.1. The maximum Gasteiger partial charge on any atom is 0.271 e. The second kappa shape index (κ2) is 3.68. The molecule has 1 amide bonds. The van der Waals surface area contributed by atoms with Crippen molar-refractivity contribution in [2.45, 2.75) is 0 Å². The van der Waals surface area contributed by atoms with E-state index in [2.05, 4.69) is 10.9 Å². The minimum atomic E-state index is -0.331. The Morgan fingerprint density at radius 1 is 1.67 bits per heavy atom. The molecule has 0 spiro atoms. The van der Waals surface area contributed by atoms with Crippen molar-refractivity contribution in [3.63, 3.8) is 0 Å². The Bertz CT molecular complexity index is 288. The van der Waals surface area contributed by atoms with Crippen molar-refractivity contribution >= 4 is 5.91 Å². The van der Waals surface area contributed by atoms with Crippen molar-refractivity contribution in [2.24, 2.45) is 0 Å². The molecule has 0 aliphatic rings. The fourth-order valence-electron chi connectivity index (χ4n) is 0.775. The molecule has 5 heteroatoms. The zero-order valence-corrected chi connectivity index (χ0v) is 6.57. The first-order valence-corrected chi connectivity index (χ1v) is 3.40. The zero-order chi connectivity index (χ0) is 8.97. The molecular weight excluding hydrogens is 158 g/mol. The summed E-state index contributed by atoms with van der Waals surface area (Å²) >= 11 is 0. The number of hydrogen-bond acceptors (Lipinski definition) is 3. The van der Waals surface area contributed by atoms with E-state index in [1.807, 2.05) is 0 Å². The number of aromatic nitrogens is 1. The monoisotopic (exact) mass is 167 g/mol. The normalized spacial score (nSPS) is 9.42. The third kappa shape index (κ3) is 1.93. The Hall–Kier alpha value is -1.62. The summed E-state index contributed by atoms with van der Waals surface area (Å²) in [5.74, 6) is -0.331. The van der Waals surface area contributed by atoms with Gasteiger partial charge in [0.25, 0.3) is 5.91 Å². The van der Waals surface area contributed by atoms with Crippen molar-refractivity contribution in [2.75, 3.05) is 7.05 Å². The Morgan fingerprint density at radius 3 is 3.00 bits per heavy atom. The molecule has 0 saturated carbocycles. The van der Waals surface area contributed by atoms with Gasteiger partial charge in [-0.1, -0.05) is 0 Å². The molecule has 0 atom stereocenters. The molecule has 0 radical (unpaired) electrons. The number of hydrazine groups is 1. The zero-order valence-electron chi connectivity index (χ0n) is 6.57. The lowest BCUT2D eigenvalue weighted by Gasteiger charge is -2.01. The topological polar surface area (TPSA) is 68.1 Å². The lowest BCUT2D eigenvalue weighted by molar-refractivity contribution is -0.605. The van der Waals surface area contributed by atoms with Crippen LogP contribution in [0, 0.1) is 5.21 Å². The highest BCUT2D eigenvalue weighted by Crippen LogP contribution is 1.92. The lowest BCUT2D eigenvalue weighted by atomic mass is 10.3. The van der Waals surface area contributed by atoms with Gasteiger partial charge in [0.2, 0.25) is 0 Å². The van der Waals surface area contributed by atoms with Gasteiger partial charge in [-0.05, 0) is 6.07 Å². The van der Waals surface area contributed by atoms with E-state index in [1.165, 1.54) is 18.5 Å². The summed E-state index contributed by atoms with van der Waals surface area (Å²) in [4.78, 5) is 11.1. The van der Waals surface area contributed by atoms with Gasteiger partial charge in [-0.15, -0.1) is 0 Å². The van der Waals surface area contributed by atoms with Crippen LogP contribution in [-0.2, 0) is 0 Å². The molecule has 64 valence electrons. The first kappa shape index (κ1) is 8.48. The van der Waals surface area contributed by atoms with E-state index in [1.54, 1.807) is 13.1 Å². The molecule has 1 heterocycles. The van der Waals surface area contributed by atoms with Crippen LogP contribution in [0.25, 0.3) is 0 Å². The first-order valence-electron chi connectivity index (χ1n) is 3.40. The van der Waals surface area contributed by atoms with Gasteiger partial charge in [0.05, 0.1) is 0 Å². The van der Waals surface area contributed by atoms with Crippen LogP contribution in [0.1, 0.15) is 10.4 Å². The number of carbonyl (C=O) groups excluding carboxylic acids is 1. The summed E-state index contributed by atoms with van der Waals surface area (Å²) in [6.07, 6.45) is 2.52. The average molecular weight is 167 g/mol. The van der Waals surface area contributed by atoms with Crippen LogP contribution in [-0.4, -0.2) is 13.0 Å². The summed E-state index contributed by atoms with van der Waals surface area (Å²) in [6, 6.07) is 3.07. The predicted octanol–water partition coefficient (Wildman–Crippen LogP) is -0.816. The van der Waals surface area contributed by atoms with Crippen LogP contribution in [0.4, 0.5) is 0 Å². The highest BCUT2D eigenvalue weighted by Gasteiger charge is 2.05. The molecule has 0 bridgehead atoms. The fourth-order valence-corrected chi connectivity index (χ4v) is 0.775. The van der Waals surface area contributed by atoms with Gasteiger partial charge >= 0.3 is 0 Å². The van der Waals surface area contributed by atoms with E-state index < -0.39 is 0 Å². The Kier molecular flexibility index (Phi) is 2.60. The highest BCUT2D eigenvalue weighted by atomic mass is 16.5. The maximum absolute atomic E-state index is 11.1. The number of amides is 1. The minimum Gasteiger partial charge on any atom is -0.619 e. The van der Waals surface area contributed by atoms with Crippen LogP contribution >= 0.6 is 0 Å². The first-order chi connectivity index (χ1) is 5.74. The second-order valence-corrected chi connectivity index (χ2v) is 2.16. The molecule has 0 unspecified atom stereocenters. The summed E-state index contributed by atoms with van der Waals surface area (Å²) in [7, 11) is 1.58. The van der Waals surface area contributed by atoms with E-state index in [-0.39, 0.29) is 5.91 Å². The minimum absolute atomic E-state index is 0.321. The molecule has 0 aliphatic heterocycles. The van der Waals surface area contributed by atoms with E-state index in [0.717, 1.165) is 0 Å². The number of hydrogen-bond donors (Lipinski definition) is 2. The predicted molar refractivity (Wildman–Crippen MR) is 41.9 cm³/mol. The van der Waals surface area contributed by atoms with Gasteiger partial charge in [0.15, 0.2) is 12.4 Å². The smallest absolute Gasteiger partial charge is 0.271 e. The molecule has 2 N–H and O–H groups in total. The molecular formula is C7H9N3O2. The van der Waals surface area contributed by atoms with Crippen molar-refractivity contribution in [3.05, 3.63) is 35.3 Å². The van der Waals surface area contributed by atoms with Crippen LogP contribution < -0.4 is 15.6 Å². The molecule has 5 nitrogen and oxygen atoms in total. The van der Waals surface area contributed by atoms with Gasteiger partial charge in [0, 0.05) is 13.1 Å². The fraction of sp³-hybridized carbons (Fsp3) is 0.143. The van der Waals surface area contributed by atoms with Crippen LogP contribution in [0.2, 0.25) is 0 Å². The molecule has 1 aromatic heterocycles. The Morgan fingerprint density at radius 2 is 2.42 bits per heavy atom. The number of carbonyl (C=O) groups is 1. The van der Waals surface area contributed by atoms with Crippen molar-refractivity contribution in [1.82, 2.24) is 10.9 Å². The summed E-state index contributed by atoms with van der Waals surface area (Å²) in [5, 5.41) is 10.7. The number of pyridine rings is 1. The summed E-state index contributed by atoms with van der Waals surface area (Å²) in [5.41, 5.74) is 5.14. The van der Waals surface area contributed by atoms with E-state index in [4.69, 9.17) is 0 Å². The van der Waals surface area contributed by atoms with Gasteiger partial charge in [0.1, 0.15) is 5.56 Å². The van der Waals surface area contributed by atoms with Gasteiger partial charge in [-0.2, -0.15) is 4.73 Å². The third-order valence-electron chi connectivity index (χ3n) is 1.28. The number of rotatable bonds is 2. The van der Waals surface area contributed by atoms with Gasteiger partial charge < -0.3 is 5.21 Å². The van der Waals surface area contributed by atoms with E-state index >= 15 is 0 Å². The van der Waals surface area contributed by atoms with E-state index in [9.17, 15) is 10.0 Å². The Labute approximate surface area is 69.6 Å². The number of nitrogens with zero attached hydrogens (tertiary/aromatic N) is 1. The molecule has 1 rings (SSSR count). The van der Waals surface area contributed by atoms with Crippen molar-refractivity contribution in [3.8, 4) is 0 Å². The van der Waals surface area contributed by atoms with Gasteiger partial charge in [-0.25, -0.2) is 5.43 Å². The van der Waals surface area contributed by atoms with Gasteiger partial charge in [-0.3, -0.25) is 10.2 Å². The van der Waals surface area contributed by atoms with E-state index in [0.29, 0.717) is 10.3 Å². The standard InChI is InChI=1S/C7H9N3O2/c1-8-9-7(11)6-3-2-4-10(12)5-6/h2-5,8H,1H3,(H,9,11). The lowest BCUT2D eigenvalue weighted by Crippen LogP contribution is -2.36.